The summed E-state index contributed by atoms with van der Waals surface area (Å²) in [6.07, 6.45) is 0.137. The molecule has 1 N–H and O–H groups in total. The highest BCUT2D eigenvalue weighted by molar-refractivity contribution is 7.17. The number of hydrogen-bond acceptors (Lipinski definition) is 6. The van der Waals surface area contributed by atoms with Gasteiger partial charge in [-0.1, -0.05) is 11.3 Å². The Hall–Kier alpha value is -1.21. The number of rotatable bonds is 3. The van der Waals surface area contributed by atoms with Gasteiger partial charge in [-0.15, -0.1) is 10.2 Å². The molecule has 1 amide bonds. The molecule has 1 aromatic heterocycles. The minimum atomic E-state index is -0.0568. The van der Waals surface area contributed by atoms with Crippen LogP contribution in [-0.2, 0) is 4.74 Å². The average molecular weight is 270 g/mol. The van der Waals surface area contributed by atoms with Crippen LogP contribution in [-0.4, -0.2) is 52.8 Å². The summed E-state index contributed by atoms with van der Waals surface area (Å²) in [5, 5.41) is 12.1. The van der Waals surface area contributed by atoms with Crippen LogP contribution >= 0.6 is 11.3 Å². The van der Waals surface area contributed by atoms with Crippen LogP contribution in [0.25, 0.3) is 0 Å². The van der Waals surface area contributed by atoms with E-state index in [4.69, 9.17) is 4.74 Å². The summed E-state index contributed by atoms with van der Waals surface area (Å²) < 4.78 is 5.61. The molecule has 2 rings (SSSR count). The lowest BCUT2D eigenvalue weighted by Gasteiger charge is -2.34. The number of amides is 1. The monoisotopic (exact) mass is 270 g/mol. The largest absolute Gasteiger partial charge is 0.372 e. The number of morpholine rings is 1. The van der Waals surface area contributed by atoms with E-state index in [0.717, 1.165) is 6.54 Å². The van der Waals surface area contributed by atoms with Crippen molar-refractivity contribution in [1.29, 1.82) is 0 Å². The van der Waals surface area contributed by atoms with Crippen LogP contribution < -0.4 is 5.32 Å². The minimum Gasteiger partial charge on any atom is -0.372 e. The first-order chi connectivity index (χ1) is 8.60. The molecule has 1 aromatic rings. The zero-order chi connectivity index (χ0) is 13.1. The Morgan fingerprint density at radius 2 is 2.11 bits per heavy atom. The third-order valence-corrected chi connectivity index (χ3v) is 3.51. The van der Waals surface area contributed by atoms with Crippen molar-refractivity contribution in [3.63, 3.8) is 0 Å². The summed E-state index contributed by atoms with van der Waals surface area (Å²) in [7, 11) is 0. The number of nitrogens with zero attached hydrogens (tertiary/aromatic N) is 3. The molecule has 0 saturated carbocycles. The average Bonchev–Trinajstić information content (AvgIpc) is 2.76. The van der Waals surface area contributed by atoms with Crippen LogP contribution in [0.15, 0.2) is 0 Å². The third kappa shape index (κ3) is 2.97. The topological polar surface area (TPSA) is 67.4 Å². The van der Waals surface area contributed by atoms with Gasteiger partial charge < -0.3 is 15.0 Å². The Morgan fingerprint density at radius 1 is 1.44 bits per heavy atom. The zero-order valence-electron chi connectivity index (χ0n) is 10.8. The van der Waals surface area contributed by atoms with Crippen LogP contribution in [0.5, 0.6) is 0 Å². The fourth-order valence-electron chi connectivity index (χ4n) is 2.01. The summed E-state index contributed by atoms with van der Waals surface area (Å²) >= 11 is 1.30. The maximum Gasteiger partial charge on any atom is 0.285 e. The van der Waals surface area contributed by atoms with E-state index in [9.17, 15) is 4.79 Å². The maximum atomic E-state index is 12.3. The highest BCUT2D eigenvalue weighted by atomic mass is 32.1. The fourth-order valence-corrected chi connectivity index (χ4v) is 2.79. The van der Waals surface area contributed by atoms with Crippen molar-refractivity contribution >= 4 is 22.4 Å². The molecule has 1 aliphatic rings. The van der Waals surface area contributed by atoms with Crippen LogP contribution in [0.3, 0.4) is 0 Å². The number of ether oxygens (including phenoxy) is 1. The summed E-state index contributed by atoms with van der Waals surface area (Å²) in [6.45, 7) is 7.92. The van der Waals surface area contributed by atoms with Gasteiger partial charge in [0.25, 0.3) is 5.91 Å². The Bertz CT molecular complexity index is 413. The van der Waals surface area contributed by atoms with E-state index in [2.05, 4.69) is 15.5 Å². The van der Waals surface area contributed by atoms with Gasteiger partial charge in [-0.05, 0) is 20.8 Å². The predicted octanol–water partition coefficient (Wildman–Crippen LogP) is 1.22. The minimum absolute atomic E-state index is 0.0568. The number of carbonyl (C=O) groups is 1. The lowest BCUT2D eigenvalue weighted by atomic mass is 10.2. The summed E-state index contributed by atoms with van der Waals surface area (Å²) in [5.41, 5.74) is 0. The molecular weight excluding hydrogens is 252 g/mol. The number of carbonyl (C=O) groups excluding carboxylic acids is 1. The molecule has 7 heteroatoms. The molecule has 18 heavy (non-hydrogen) atoms. The Kier molecular flexibility index (Phi) is 4.13. The van der Waals surface area contributed by atoms with Gasteiger partial charge in [-0.2, -0.15) is 0 Å². The molecule has 0 bridgehead atoms. The van der Waals surface area contributed by atoms with Crippen LogP contribution in [0, 0.1) is 0 Å². The van der Waals surface area contributed by atoms with Gasteiger partial charge in [0.2, 0.25) is 10.1 Å². The Labute approximate surface area is 110 Å². The zero-order valence-corrected chi connectivity index (χ0v) is 11.7. The predicted molar refractivity (Wildman–Crippen MR) is 70.0 cm³/mol. The van der Waals surface area contributed by atoms with E-state index >= 15 is 0 Å². The van der Waals surface area contributed by atoms with Crippen molar-refractivity contribution in [1.82, 2.24) is 15.1 Å². The second kappa shape index (κ2) is 5.62. The molecule has 2 heterocycles. The van der Waals surface area contributed by atoms with Gasteiger partial charge in [0.15, 0.2) is 0 Å². The molecule has 0 aromatic carbocycles. The Balaban J connectivity index is 2.05. The highest BCUT2D eigenvalue weighted by Crippen LogP contribution is 2.19. The molecule has 6 nitrogen and oxygen atoms in total. The summed E-state index contributed by atoms with van der Waals surface area (Å²) in [6, 6.07) is 0. The molecule has 1 fully saturated rings. The van der Waals surface area contributed by atoms with E-state index in [1.807, 2.05) is 20.8 Å². The first kappa shape index (κ1) is 13.2. The molecule has 2 atom stereocenters. The van der Waals surface area contributed by atoms with Gasteiger partial charge in [-0.3, -0.25) is 4.79 Å². The highest BCUT2D eigenvalue weighted by Gasteiger charge is 2.28. The standard InChI is InChI=1S/C11H18N4O2S/c1-4-12-11-14-13-9(18-11)10(16)15-5-7(2)17-8(3)6-15/h7-8H,4-6H2,1-3H3,(H,12,14). The molecule has 100 valence electrons. The lowest BCUT2D eigenvalue weighted by Crippen LogP contribution is -2.48. The van der Waals surface area contributed by atoms with Crippen LogP contribution in [0.2, 0.25) is 0 Å². The number of aromatic nitrogens is 2. The van der Waals surface area contributed by atoms with E-state index in [1.165, 1.54) is 11.3 Å². The molecular formula is C11H18N4O2S. The van der Waals surface area contributed by atoms with E-state index in [0.29, 0.717) is 23.2 Å². The van der Waals surface area contributed by atoms with Gasteiger partial charge in [0.1, 0.15) is 0 Å². The van der Waals surface area contributed by atoms with E-state index in [1.54, 1.807) is 4.90 Å². The Morgan fingerprint density at radius 3 is 2.72 bits per heavy atom. The first-order valence-corrected chi connectivity index (χ1v) is 6.94. The molecule has 0 aliphatic carbocycles. The van der Waals surface area contributed by atoms with Crippen molar-refractivity contribution in [2.75, 3.05) is 25.0 Å². The second-order valence-electron chi connectivity index (χ2n) is 4.41. The second-order valence-corrected chi connectivity index (χ2v) is 5.39. The van der Waals surface area contributed by atoms with Crippen LogP contribution in [0.4, 0.5) is 5.13 Å². The molecule has 0 spiro atoms. The van der Waals surface area contributed by atoms with Gasteiger partial charge in [0.05, 0.1) is 12.2 Å². The van der Waals surface area contributed by atoms with Crippen LogP contribution in [0.1, 0.15) is 30.6 Å². The van der Waals surface area contributed by atoms with Crippen molar-refractivity contribution in [2.24, 2.45) is 0 Å². The number of anilines is 1. The van der Waals surface area contributed by atoms with E-state index in [-0.39, 0.29) is 18.1 Å². The van der Waals surface area contributed by atoms with Crippen molar-refractivity contribution < 1.29 is 9.53 Å². The number of nitrogens with one attached hydrogen (secondary N) is 1. The quantitative estimate of drug-likeness (QED) is 0.894. The molecule has 1 aliphatic heterocycles. The first-order valence-electron chi connectivity index (χ1n) is 6.12. The molecule has 2 unspecified atom stereocenters. The number of hydrogen-bond donors (Lipinski definition) is 1. The van der Waals surface area contributed by atoms with Crippen molar-refractivity contribution in [2.45, 2.75) is 33.0 Å². The third-order valence-electron chi connectivity index (χ3n) is 2.64. The SMILES string of the molecule is CCNc1nnc(C(=O)N2CC(C)OC(C)C2)s1. The van der Waals surface area contributed by atoms with Gasteiger partial charge in [0, 0.05) is 19.6 Å². The van der Waals surface area contributed by atoms with E-state index < -0.39 is 0 Å². The molecule has 0 radical (unpaired) electrons. The smallest absolute Gasteiger partial charge is 0.285 e. The fraction of sp³-hybridized carbons (Fsp3) is 0.727. The molecule has 1 saturated heterocycles. The van der Waals surface area contributed by atoms with Gasteiger partial charge in [-0.25, -0.2) is 0 Å². The van der Waals surface area contributed by atoms with Gasteiger partial charge >= 0.3 is 0 Å². The maximum absolute atomic E-state index is 12.3. The summed E-state index contributed by atoms with van der Waals surface area (Å²) in [5.74, 6) is -0.0568. The van der Waals surface area contributed by atoms with Crippen molar-refractivity contribution in [3.8, 4) is 0 Å². The lowest BCUT2D eigenvalue weighted by molar-refractivity contribution is -0.0586. The normalized spacial score (nSPS) is 24.1. The van der Waals surface area contributed by atoms with Crippen molar-refractivity contribution in [3.05, 3.63) is 5.01 Å². The summed E-state index contributed by atoms with van der Waals surface area (Å²) in [4.78, 5) is 14.0.